The summed E-state index contributed by atoms with van der Waals surface area (Å²) in [5.41, 5.74) is 2.77. The summed E-state index contributed by atoms with van der Waals surface area (Å²) in [7, 11) is 0. The van der Waals surface area contributed by atoms with Crippen molar-refractivity contribution in [3.8, 4) is 0 Å². The van der Waals surface area contributed by atoms with Crippen molar-refractivity contribution in [2.75, 3.05) is 13.1 Å². The van der Waals surface area contributed by atoms with Gasteiger partial charge in [-0.2, -0.15) is 0 Å². The second kappa shape index (κ2) is 7.67. The molecule has 1 heteroatoms. The van der Waals surface area contributed by atoms with Gasteiger partial charge < -0.3 is 0 Å². The van der Waals surface area contributed by atoms with E-state index in [0.717, 1.165) is 6.54 Å². The third-order valence-corrected chi connectivity index (χ3v) is 5.25. The topological polar surface area (TPSA) is 3.24 Å². The number of piperidine rings is 1. The molecule has 0 spiro atoms. The Balaban J connectivity index is 1.57. The van der Waals surface area contributed by atoms with Crippen LogP contribution >= 0.6 is 0 Å². The van der Waals surface area contributed by atoms with E-state index in [-0.39, 0.29) is 0 Å². The number of likely N-dealkylation sites (tertiary alicyclic amines) is 1. The van der Waals surface area contributed by atoms with E-state index in [1.54, 1.807) is 0 Å². The van der Waals surface area contributed by atoms with E-state index < -0.39 is 0 Å². The number of benzene rings is 3. The average molecular weight is 327 g/mol. The Morgan fingerprint density at radius 1 is 0.840 bits per heavy atom. The largest absolute Gasteiger partial charge is 0.293 e. The summed E-state index contributed by atoms with van der Waals surface area (Å²) in [5.74, 6) is 0. The van der Waals surface area contributed by atoms with Crippen molar-refractivity contribution in [2.45, 2.75) is 25.3 Å². The minimum Gasteiger partial charge on any atom is -0.293 e. The quantitative estimate of drug-likeness (QED) is 0.561. The van der Waals surface area contributed by atoms with Crippen molar-refractivity contribution < 1.29 is 0 Å². The molecule has 0 bridgehead atoms. The minimum atomic E-state index is 0.528. The molecule has 0 aromatic heterocycles. The maximum absolute atomic E-state index is 2.64. The molecule has 0 saturated carbocycles. The van der Waals surface area contributed by atoms with Gasteiger partial charge in [-0.25, -0.2) is 0 Å². The summed E-state index contributed by atoms with van der Waals surface area (Å²) in [6.07, 6.45) is 8.45. The van der Waals surface area contributed by atoms with Gasteiger partial charge in [0, 0.05) is 12.6 Å². The average Bonchev–Trinajstić information content (AvgIpc) is 2.69. The van der Waals surface area contributed by atoms with Crippen LogP contribution in [-0.2, 0) is 0 Å². The van der Waals surface area contributed by atoms with Gasteiger partial charge >= 0.3 is 0 Å². The van der Waals surface area contributed by atoms with Gasteiger partial charge in [0.2, 0.25) is 0 Å². The maximum Gasteiger partial charge on any atom is 0.0357 e. The predicted molar refractivity (Wildman–Crippen MR) is 108 cm³/mol. The molecule has 0 radical (unpaired) electrons. The number of rotatable bonds is 4. The van der Waals surface area contributed by atoms with E-state index in [1.807, 2.05) is 0 Å². The molecule has 0 N–H and O–H groups in total. The summed E-state index contributed by atoms with van der Waals surface area (Å²) in [5, 5.41) is 2.76. The summed E-state index contributed by atoms with van der Waals surface area (Å²) in [4.78, 5) is 2.64. The lowest BCUT2D eigenvalue weighted by Gasteiger charge is -2.36. The highest BCUT2D eigenvalue weighted by molar-refractivity contribution is 5.86. The molecular formula is C24H25N. The molecule has 126 valence electrons. The van der Waals surface area contributed by atoms with Crippen LogP contribution in [0.2, 0.25) is 0 Å². The lowest BCUT2D eigenvalue weighted by molar-refractivity contribution is 0.167. The second-order valence-corrected chi connectivity index (χ2v) is 6.89. The first-order valence-corrected chi connectivity index (χ1v) is 9.35. The Labute approximate surface area is 150 Å². The third-order valence-electron chi connectivity index (χ3n) is 5.25. The van der Waals surface area contributed by atoms with Crippen LogP contribution in [0.4, 0.5) is 0 Å². The van der Waals surface area contributed by atoms with Crippen LogP contribution in [0.15, 0.2) is 78.9 Å². The van der Waals surface area contributed by atoms with Gasteiger partial charge in [0.05, 0.1) is 0 Å². The molecule has 1 heterocycles. The van der Waals surface area contributed by atoms with Crippen LogP contribution in [0.1, 0.15) is 36.4 Å². The molecule has 1 fully saturated rings. The molecule has 0 unspecified atom stereocenters. The van der Waals surface area contributed by atoms with Crippen LogP contribution in [0.25, 0.3) is 16.8 Å². The number of nitrogens with zero attached hydrogens (tertiary/aromatic N) is 1. The fraction of sp³-hybridized carbons (Fsp3) is 0.250. The summed E-state index contributed by atoms with van der Waals surface area (Å²) in [6.45, 7) is 2.20. The van der Waals surface area contributed by atoms with Crippen molar-refractivity contribution in [3.05, 3.63) is 90.0 Å². The highest BCUT2D eigenvalue weighted by atomic mass is 15.2. The molecular weight excluding hydrogens is 302 g/mol. The zero-order chi connectivity index (χ0) is 16.9. The summed E-state index contributed by atoms with van der Waals surface area (Å²) in [6, 6.07) is 26.7. The first kappa shape index (κ1) is 16.1. The second-order valence-electron chi connectivity index (χ2n) is 6.89. The molecule has 1 nitrogen and oxygen atoms in total. The Bertz CT molecular complexity index is 845. The van der Waals surface area contributed by atoms with Gasteiger partial charge in [-0.3, -0.25) is 4.90 Å². The molecule has 1 atom stereocenters. The van der Waals surface area contributed by atoms with Gasteiger partial charge in [-0.1, -0.05) is 91.4 Å². The van der Waals surface area contributed by atoms with Crippen molar-refractivity contribution >= 4 is 16.8 Å². The number of hydrogen-bond donors (Lipinski definition) is 0. The molecule has 4 rings (SSSR count). The fourth-order valence-electron chi connectivity index (χ4n) is 3.99. The molecule has 1 aliphatic rings. The number of fused-ring (bicyclic) bond motifs is 1. The van der Waals surface area contributed by atoms with Gasteiger partial charge in [-0.15, -0.1) is 0 Å². The van der Waals surface area contributed by atoms with Crippen LogP contribution in [-0.4, -0.2) is 18.0 Å². The lowest BCUT2D eigenvalue weighted by Crippen LogP contribution is -2.33. The lowest BCUT2D eigenvalue weighted by atomic mass is 9.91. The molecule has 1 saturated heterocycles. The molecule has 3 aromatic rings. The molecule has 1 aliphatic heterocycles. The highest BCUT2D eigenvalue weighted by Gasteiger charge is 2.24. The van der Waals surface area contributed by atoms with Crippen molar-refractivity contribution in [3.63, 3.8) is 0 Å². The Hall–Kier alpha value is -2.38. The Kier molecular flexibility index (Phi) is 4.94. The normalized spacial score (nSPS) is 18.8. The van der Waals surface area contributed by atoms with E-state index in [0.29, 0.717) is 6.04 Å². The van der Waals surface area contributed by atoms with Crippen molar-refractivity contribution in [1.29, 1.82) is 0 Å². The number of hydrogen-bond acceptors (Lipinski definition) is 1. The van der Waals surface area contributed by atoms with Crippen molar-refractivity contribution in [1.82, 2.24) is 4.90 Å². The van der Waals surface area contributed by atoms with E-state index in [4.69, 9.17) is 0 Å². The summed E-state index contributed by atoms with van der Waals surface area (Å²) < 4.78 is 0. The molecule has 0 aliphatic carbocycles. The van der Waals surface area contributed by atoms with Crippen molar-refractivity contribution in [2.24, 2.45) is 0 Å². The third kappa shape index (κ3) is 3.67. The maximum atomic E-state index is 2.64. The van der Waals surface area contributed by atoms with E-state index in [2.05, 4.69) is 89.8 Å². The van der Waals surface area contributed by atoms with E-state index in [1.165, 1.54) is 47.7 Å². The first-order chi connectivity index (χ1) is 12.4. The van der Waals surface area contributed by atoms with E-state index >= 15 is 0 Å². The van der Waals surface area contributed by atoms with Gasteiger partial charge in [0.25, 0.3) is 0 Å². The van der Waals surface area contributed by atoms with Gasteiger partial charge in [0.1, 0.15) is 0 Å². The Morgan fingerprint density at radius 3 is 2.56 bits per heavy atom. The summed E-state index contributed by atoms with van der Waals surface area (Å²) >= 11 is 0. The molecule has 25 heavy (non-hydrogen) atoms. The molecule has 3 aromatic carbocycles. The van der Waals surface area contributed by atoms with Gasteiger partial charge in [0.15, 0.2) is 0 Å². The van der Waals surface area contributed by atoms with Crippen LogP contribution in [0.3, 0.4) is 0 Å². The standard InChI is InChI=1S/C24H25N/c1-2-10-20(11-3-1)12-9-19-25-18-7-6-17-24(25)23-16-8-14-21-13-4-5-15-22(21)23/h1-5,8-16,24H,6-7,17-19H2/b12-9+/t24-/m1/s1. The first-order valence-electron chi connectivity index (χ1n) is 9.35. The van der Waals surface area contributed by atoms with Crippen LogP contribution in [0, 0.1) is 0 Å². The van der Waals surface area contributed by atoms with Crippen LogP contribution < -0.4 is 0 Å². The zero-order valence-electron chi connectivity index (χ0n) is 14.6. The van der Waals surface area contributed by atoms with Crippen LogP contribution in [0.5, 0.6) is 0 Å². The SMILES string of the molecule is C(=C\c1ccccc1)/CN1CCCC[C@@H]1c1cccc2ccccc12. The monoisotopic (exact) mass is 327 g/mol. The highest BCUT2D eigenvalue weighted by Crippen LogP contribution is 2.34. The smallest absolute Gasteiger partial charge is 0.0357 e. The minimum absolute atomic E-state index is 0.528. The molecule has 0 amide bonds. The zero-order valence-corrected chi connectivity index (χ0v) is 14.6. The predicted octanol–water partition coefficient (Wildman–Crippen LogP) is 6.08. The fourth-order valence-corrected chi connectivity index (χ4v) is 3.99. The van der Waals surface area contributed by atoms with Gasteiger partial charge in [-0.05, 0) is 41.3 Å². The van der Waals surface area contributed by atoms with E-state index in [9.17, 15) is 0 Å². The Morgan fingerprint density at radius 2 is 1.64 bits per heavy atom.